The van der Waals surface area contributed by atoms with Crippen molar-refractivity contribution in [2.24, 2.45) is 5.92 Å². The Hall–Kier alpha value is -2.94. The van der Waals surface area contributed by atoms with Gasteiger partial charge in [-0.05, 0) is 24.6 Å². The molecule has 0 radical (unpaired) electrons. The second kappa shape index (κ2) is 7.18. The number of aromatic amines is 1. The first-order valence-electron chi connectivity index (χ1n) is 7.00. The van der Waals surface area contributed by atoms with E-state index in [0.717, 1.165) is 12.0 Å². The molecule has 0 aliphatic carbocycles. The van der Waals surface area contributed by atoms with Crippen LogP contribution in [-0.4, -0.2) is 16.1 Å². The summed E-state index contributed by atoms with van der Waals surface area (Å²) in [6, 6.07) is 12.1. The van der Waals surface area contributed by atoms with E-state index in [4.69, 9.17) is 5.26 Å². The van der Waals surface area contributed by atoms with E-state index in [1.165, 1.54) is 6.07 Å². The van der Waals surface area contributed by atoms with Crippen molar-refractivity contribution in [3.05, 3.63) is 46.8 Å². The Balaban J connectivity index is 2.09. The number of hydrogen-bond acceptors (Lipinski definition) is 4. The first kappa shape index (κ1) is 15.4. The fraction of sp³-hybridized carbons (Fsp3) is 0.250. The second-order valence-corrected chi connectivity index (χ2v) is 4.84. The Bertz CT molecular complexity index is 723. The lowest BCUT2D eigenvalue weighted by molar-refractivity contribution is -0.118. The molecule has 1 amide bonds. The van der Waals surface area contributed by atoms with Gasteiger partial charge in [-0.25, -0.2) is 5.10 Å². The average Bonchev–Trinajstić information content (AvgIpc) is 2.54. The van der Waals surface area contributed by atoms with Crippen LogP contribution in [-0.2, 0) is 4.79 Å². The van der Waals surface area contributed by atoms with Gasteiger partial charge in [0, 0.05) is 17.3 Å². The molecule has 0 bridgehead atoms. The number of carbonyl (C=O) groups excluding carboxylic acids is 1. The molecule has 0 saturated carbocycles. The van der Waals surface area contributed by atoms with Gasteiger partial charge in [-0.3, -0.25) is 9.59 Å². The minimum Gasteiger partial charge on any atom is -0.325 e. The first-order chi connectivity index (χ1) is 10.6. The molecule has 6 heteroatoms. The summed E-state index contributed by atoms with van der Waals surface area (Å²) in [4.78, 5) is 22.9. The predicted octanol–water partition coefficient (Wildman–Crippen LogP) is 2.32. The normalized spacial score (nSPS) is 11.5. The number of nitriles is 1. The molecule has 0 aliphatic heterocycles. The molecule has 112 valence electrons. The fourth-order valence-electron chi connectivity index (χ4n) is 2.00. The maximum Gasteiger partial charge on any atom is 0.264 e. The monoisotopic (exact) mass is 296 g/mol. The van der Waals surface area contributed by atoms with Crippen LogP contribution in [0.2, 0.25) is 0 Å². The maximum absolute atomic E-state index is 11.9. The number of carbonyl (C=O) groups is 1. The first-order valence-corrected chi connectivity index (χ1v) is 7.00. The van der Waals surface area contributed by atoms with E-state index >= 15 is 0 Å². The molecule has 6 nitrogen and oxygen atoms in total. The minimum atomic E-state index is -0.634. The molecule has 0 fully saturated rings. The van der Waals surface area contributed by atoms with Gasteiger partial charge in [0.05, 0.1) is 11.8 Å². The molecule has 1 heterocycles. The molecule has 2 rings (SSSR count). The summed E-state index contributed by atoms with van der Waals surface area (Å²) in [7, 11) is 0. The van der Waals surface area contributed by atoms with E-state index in [-0.39, 0.29) is 11.5 Å². The van der Waals surface area contributed by atoms with E-state index in [0.29, 0.717) is 17.8 Å². The van der Waals surface area contributed by atoms with E-state index in [1.807, 2.05) is 13.0 Å². The van der Waals surface area contributed by atoms with Crippen LogP contribution in [0.15, 0.2) is 41.2 Å². The zero-order chi connectivity index (χ0) is 15.9. The van der Waals surface area contributed by atoms with Gasteiger partial charge in [-0.1, -0.05) is 25.5 Å². The molecule has 22 heavy (non-hydrogen) atoms. The molecule has 2 aromatic rings. The van der Waals surface area contributed by atoms with Crippen molar-refractivity contribution >= 4 is 11.6 Å². The van der Waals surface area contributed by atoms with Gasteiger partial charge >= 0.3 is 0 Å². The standard InChI is InChI=1S/C16H16N4O2/c1-2-3-12(10-17)16(22)18-13-6-4-11(5-7-13)14-8-9-15(21)20-19-14/h4-9,12H,2-3H2,1H3,(H,18,22)(H,20,21). The van der Waals surface area contributed by atoms with E-state index < -0.39 is 5.92 Å². The van der Waals surface area contributed by atoms with Gasteiger partial charge in [0.2, 0.25) is 5.91 Å². The maximum atomic E-state index is 11.9. The van der Waals surface area contributed by atoms with Crippen molar-refractivity contribution in [1.82, 2.24) is 10.2 Å². The van der Waals surface area contributed by atoms with Crippen LogP contribution in [0.1, 0.15) is 19.8 Å². The summed E-state index contributed by atoms with van der Waals surface area (Å²) in [5, 5.41) is 18.0. The zero-order valence-corrected chi connectivity index (χ0v) is 12.2. The number of benzene rings is 1. The number of amides is 1. The number of nitrogens with one attached hydrogen (secondary N) is 2. The van der Waals surface area contributed by atoms with Gasteiger partial charge in [-0.15, -0.1) is 0 Å². The third-order valence-electron chi connectivity index (χ3n) is 3.18. The van der Waals surface area contributed by atoms with Gasteiger partial charge in [0.25, 0.3) is 5.56 Å². The lowest BCUT2D eigenvalue weighted by Gasteiger charge is -2.09. The predicted molar refractivity (Wildman–Crippen MR) is 82.9 cm³/mol. The van der Waals surface area contributed by atoms with Crippen LogP contribution >= 0.6 is 0 Å². The third kappa shape index (κ3) is 3.79. The number of rotatable bonds is 5. The van der Waals surface area contributed by atoms with Crippen molar-refractivity contribution < 1.29 is 4.79 Å². The Kier molecular flexibility index (Phi) is 5.04. The van der Waals surface area contributed by atoms with Gasteiger partial charge in [0.1, 0.15) is 5.92 Å². The van der Waals surface area contributed by atoms with Crippen LogP contribution in [0.25, 0.3) is 11.3 Å². The lowest BCUT2D eigenvalue weighted by Crippen LogP contribution is -2.21. The van der Waals surface area contributed by atoms with Crippen molar-refractivity contribution in [1.29, 1.82) is 5.26 Å². The summed E-state index contributed by atoms with van der Waals surface area (Å²) in [5.74, 6) is -0.926. The quantitative estimate of drug-likeness (QED) is 0.884. The fourth-order valence-corrected chi connectivity index (χ4v) is 2.00. The summed E-state index contributed by atoms with van der Waals surface area (Å²) in [6.45, 7) is 1.93. The van der Waals surface area contributed by atoms with Crippen LogP contribution in [0, 0.1) is 17.2 Å². The number of anilines is 1. The highest BCUT2D eigenvalue weighted by atomic mass is 16.2. The van der Waals surface area contributed by atoms with Crippen LogP contribution in [0.5, 0.6) is 0 Å². The average molecular weight is 296 g/mol. The van der Waals surface area contributed by atoms with E-state index in [1.54, 1.807) is 30.3 Å². The smallest absolute Gasteiger partial charge is 0.264 e. The molecule has 0 spiro atoms. The van der Waals surface area contributed by atoms with Gasteiger partial charge < -0.3 is 5.32 Å². The Morgan fingerprint density at radius 2 is 2.05 bits per heavy atom. The Morgan fingerprint density at radius 3 is 2.59 bits per heavy atom. The van der Waals surface area contributed by atoms with Crippen LogP contribution < -0.4 is 10.9 Å². The largest absolute Gasteiger partial charge is 0.325 e. The summed E-state index contributed by atoms with van der Waals surface area (Å²) in [6.07, 6.45) is 1.32. The molecule has 0 saturated heterocycles. The highest BCUT2D eigenvalue weighted by molar-refractivity contribution is 5.94. The molecule has 1 aromatic heterocycles. The summed E-state index contributed by atoms with van der Waals surface area (Å²) in [5.41, 5.74) is 1.82. The van der Waals surface area contributed by atoms with Gasteiger partial charge in [-0.2, -0.15) is 10.4 Å². The lowest BCUT2D eigenvalue weighted by atomic mass is 10.0. The van der Waals surface area contributed by atoms with Crippen LogP contribution in [0.4, 0.5) is 5.69 Å². The zero-order valence-electron chi connectivity index (χ0n) is 12.2. The molecular weight excluding hydrogens is 280 g/mol. The summed E-state index contributed by atoms with van der Waals surface area (Å²) >= 11 is 0. The molecule has 1 aromatic carbocycles. The van der Waals surface area contributed by atoms with E-state index in [2.05, 4.69) is 15.5 Å². The Morgan fingerprint density at radius 1 is 1.32 bits per heavy atom. The highest BCUT2D eigenvalue weighted by Crippen LogP contribution is 2.19. The number of hydrogen-bond donors (Lipinski definition) is 2. The molecule has 0 aliphatic rings. The van der Waals surface area contributed by atoms with Crippen molar-refractivity contribution in [3.63, 3.8) is 0 Å². The summed E-state index contributed by atoms with van der Waals surface area (Å²) < 4.78 is 0. The number of nitrogens with zero attached hydrogens (tertiary/aromatic N) is 2. The van der Waals surface area contributed by atoms with Crippen LogP contribution in [0.3, 0.4) is 0 Å². The molecular formula is C16H16N4O2. The second-order valence-electron chi connectivity index (χ2n) is 4.84. The van der Waals surface area contributed by atoms with Crippen molar-refractivity contribution in [3.8, 4) is 17.3 Å². The van der Waals surface area contributed by atoms with Crippen molar-refractivity contribution in [2.45, 2.75) is 19.8 Å². The molecule has 1 atom stereocenters. The SMILES string of the molecule is CCCC(C#N)C(=O)Nc1ccc(-c2ccc(=O)[nH]n2)cc1. The van der Waals surface area contributed by atoms with E-state index in [9.17, 15) is 9.59 Å². The molecule has 1 unspecified atom stereocenters. The minimum absolute atomic E-state index is 0.258. The third-order valence-corrected chi connectivity index (χ3v) is 3.18. The van der Waals surface area contributed by atoms with Gasteiger partial charge in [0.15, 0.2) is 0 Å². The topological polar surface area (TPSA) is 98.6 Å². The highest BCUT2D eigenvalue weighted by Gasteiger charge is 2.16. The number of aromatic nitrogens is 2. The number of H-pyrrole nitrogens is 1. The Labute approximate surface area is 127 Å². The molecule has 2 N–H and O–H groups in total. The van der Waals surface area contributed by atoms with Crippen molar-refractivity contribution in [2.75, 3.05) is 5.32 Å².